The summed E-state index contributed by atoms with van der Waals surface area (Å²) in [5, 5.41) is 13.9. The number of carbonyl (C=O) groups is 1. The van der Waals surface area contributed by atoms with Crippen molar-refractivity contribution in [2.75, 3.05) is 13.7 Å². The van der Waals surface area contributed by atoms with Gasteiger partial charge in [-0.05, 0) is 33.2 Å². The molecule has 1 fully saturated rings. The molecule has 0 spiro atoms. The second kappa shape index (κ2) is 5.71. The predicted molar refractivity (Wildman–Crippen MR) is 67.4 cm³/mol. The molecule has 0 aromatic carbocycles. The minimum Gasteiger partial charge on any atom is -0.468 e. The van der Waals surface area contributed by atoms with Gasteiger partial charge in [0.15, 0.2) is 0 Å². The number of aliphatic hydroxyl groups is 1. The number of aryl methyl sites for hydroxylation is 2. The molecule has 0 saturated carbocycles. The molecule has 2 heterocycles. The summed E-state index contributed by atoms with van der Waals surface area (Å²) in [4.78, 5) is 13.8. The Morgan fingerprint density at radius 1 is 1.58 bits per heavy atom. The first-order chi connectivity index (χ1) is 9.04. The Hall–Kier alpha value is -1.40. The lowest BCUT2D eigenvalue weighted by Gasteiger charge is -2.36. The highest BCUT2D eigenvalue weighted by Crippen LogP contribution is 2.23. The molecule has 1 N–H and O–H groups in total. The van der Waals surface area contributed by atoms with Gasteiger partial charge in [-0.2, -0.15) is 0 Å². The van der Waals surface area contributed by atoms with E-state index >= 15 is 0 Å². The second-order valence-corrected chi connectivity index (χ2v) is 4.95. The van der Waals surface area contributed by atoms with Gasteiger partial charge in [0, 0.05) is 12.1 Å². The third kappa shape index (κ3) is 2.79. The number of nitrogens with zero attached hydrogens (tertiary/aromatic N) is 2. The Morgan fingerprint density at radius 3 is 2.89 bits per heavy atom. The maximum absolute atomic E-state index is 11.8. The van der Waals surface area contributed by atoms with E-state index in [-0.39, 0.29) is 5.97 Å². The molecular weight excluding hydrogens is 248 g/mol. The fourth-order valence-electron chi connectivity index (χ4n) is 2.58. The van der Waals surface area contributed by atoms with E-state index in [9.17, 15) is 9.90 Å². The number of esters is 1. The van der Waals surface area contributed by atoms with Gasteiger partial charge in [0.1, 0.15) is 11.8 Å². The number of likely N-dealkylation sites (tertiary alicyclic amines) is 1. The second-order valence-electron chi connectivity index (χ2n) is 4.95. The SMILES string of the molecule is COC(=O)[C@@H]1[C@H](O)CCCN1Cc1c(C)noc1C. The van der Waals surface area contributed by atoms with Crippen LogP contribution in [0.3, 0.4) is 0 Å². The van der Waals surface area contributed by atoms with Crippen LogP contribution in [0.1, 0.15) is 29.9 Å². The first-order valence-electron chi connectivity index (χ1n) is 6.46. The molecule has 1 aromatic heterocycles. The zero-order valence-corrected chi connectivity index (χ0v) is 11.5. The van der Waals surface area contributed by atoms with Gasteiger partial charge >= 0.3 is 5.97 Å². The van der Waals surface area contributed by atoms with Crippen LogP contribution in [0.5, 0.6) is 0 Å². The summed E-state index contributed by atoms with van der Waals surface area (Å²) in [5.41, 5.74) is 1.80. The average molecular weight is 268 g/mol. The predicted octanol–water partition coefficient (Wildman–Crippen LogP) is 0.790. The summed E-state index contributed by atoms with van der Waals surface area (Å²) in [6, 6.07) is -0.604. The number of methoxy groups -OCH3 is 1. The van der Waals surface area contributed by atoms with Crippen LogP contribution >= 0.6 is 0 Å². The van der Waals surface area contributed by atoms with Crippen molar-refractivity contribution in [3.8, 4) is 0 Å². The van der Waals surface area contributed by atoms with Crippen molar-refractivity contribution >= 4 is 5.97 Å². The van der Waals surface area contributed by atoms with Gasteiger partial charge in [-0.3, -0.25) is 9.69 Å². The van der Waals surface area contributed by atoms with Crippen molar-refractivity contribution in [1.82, 2.24) is 10.1 Å². The third-order valence-electron chi connectivity index (χ3n) is 3.69. The summed E-state index contributed by atoms with van der Waals surface area (Å²) < 4.78 is 9.92. The van der Waals surface area contributed by atoms with Crippen LogP contribution in [0.25, 0.3) is 0 Å². The van der Waals surface area contributed by atoms with E-state index in [1.54, 1.807) is 0 Å². The van der Waals surface area contributed by atoms with E-state index in [4.69, 9.17) is 9.26 Å². The average Bonchev–Trinajstić information content (AvgIpc) is 2.70. The number of ether oxygens (including phenoxy) is 1. The highest BCUT2D eigenvalue weighted by molar-refractivity contribution is 5.76. The third-order valence-corrected chi connectivity index (χ3v) is 3.69. The molecule has 0 unspecified atom stereocenters. The minimum absolute atomic E-state index is 0.390. The summed E-state index contributed by atoms with van der Waals surface area (Å²) in [6.45, 7) is 5.01. The van der Waals surface area contributed by atoms with E-state index in [0.717, 1.165) is 30.0 Å². The zero-order chi connectivity index (χ0) is 14.0. The molecular formula is C13H20N2O4. The van der Waals surface area contributed by atoms with Crippen molar-refractivity contribution in [3.05, 3.63) is 17.0 Å². The minimum atomic E-state index is -0.679. The Kier molecular flexibility index (Phi) is 4.21. The van der Waals surface area contributed by atoms with E-state index in [2.05, 4.69) is 5.16 Å². The van der Waals surface area contributed by atoms with Crippen molar-refractivity contribution in [3.63, 3.8) is 0 Å². The molecule has 19 heavy (non-hydrogen) atoms. The molecule has 0 bridgehead atoms. The Balaban J connectivity index is 2.19. The first-order valence-corrected chi connectivity index (χ1v) is 6.46. The zero-order valence-electron chi connectivity index (χ0n) is 11.5. The highest BCUT2D eigenvalue weighted by atomic mass is 16.5. The van der Waals surface area contributed by atoms with Crippen molar-refractivity contribution in [2.45, 2.75) is 45.4 Å². The fraction of sp³-hybridized carbons (Fsp3) is 0.692. The number of piperidine rings is 1. The van der Waals surface area contributed by atoms with E-state index in [1.165, 1.54) is 7.11 Å². The Labute approximate surface area is 112 Å². The van der Waals surface area contributed by atoms with E-state index in [0.29, 0.717) is 13.0 Å². The number of aliphatic hydroxyl groups excluding tert-OH is 1. The standard InChI is InChI=1S/C13H20N2O4/c1-8-10(9(2)19-14-8)7-15-6-4-5-11(16)12(15)13(17)18-3/h11-12,16H,4-7H2,1-3H3/t11-,12+/m1/s1. The summed E-state index contributed by atoms with van der Waals surface area (Å²) in [7, 11) is 1.34. The van der Waals surface area contributed by atoms with Gasteiger partial charge in [0.2, 0.25) is 0 Å². The van der Waals surface area contributed by atoms with Crippen LogP contribution < -0.4 is 0 Å². The molecule has 2 rings (SSSR count). The highest BCUT2D eigenvalue weighted by Gasteiger charge is 2.37. The van der Waals surface area contributed by atoms with Crippen LogP contribution in [-0.2, 0) is 16.1 Å². The molecule has 1 aromatic rings. The van der Waals surface area contributed by atoms with Crippen LogP contribution in [0.2, 0.25) is 0 Å². The van der Waals surface area contributed by atoms with Gasteiger partial charge in [-0.25, -0.2) is 0 Å². The molecule has 6 heteroatoms. The van der Waals surface area contributed by atoms with E-state index in [1.807, 2.05) is 18.7 Å². The molecule has 2 atom stereocenters. The largest absolute Gasteiger partial charge is 0.468 e. The van der Waals surface area contributed by atoms with Gasteiger partial charge in [-0.15, -0.1) is 0 Å². The molecule has 0 radical (unpaired) electrons. The lowest BCUT2D eigenvalue weighted by atomic mass is 9.98. The smallest absolute Gasteiger partial charge is 0.325 e. The molecule has 1 saturated heterocycles. The lowest BCUT2D eigenvalue weighted by molar-refractivity contribution is -0.154. The number of carbonyl (C=O) groups excluding carboxylic acids is 1. The number of hydrogen-bond donors (Lipinski definition) is 1. The fourth-order valence-corrected chi connectivity index (χ4v) is 2.58. The number of rotatable bonds is 3. The topological polar surface area (TPSA) is 75.8 Å². The van der Waals surface area contributed by atoms with Crippen molar-refractivity contribution in [2.24, 2.45) is 0 Å². The molecule has 106 valence electrons. The summed E-state index contributed by atoms with van der Waals surface area (Å²) >= 11 is 0. The van der Waals surface area contributed by atoms with Gasteiger partial charge in [0.25, 0.3) is 0 Å². The van der Waals surface area contributed by atoms with Gasteiger partial charge in [0.05, 0.1) is 18.9 Å². The maximum atomic E-state index is 11.8. The quantitative estimate of drug-likeness (QED) is 0.817. The monoisotopic (exact) mass is 268 g/mol. The Morgan fingerprint density at radius 2 is 2.32 bits per heavy atom. The summed E-state index contributed by atoms with van der Waals surface area (Å²) in [6.07, 6.45) is 0.803. The van der Waals surface area contributed by atoms with Gasteiger partial charge in [-0.1, -0.05) is 5.16 Å². The molecule has 1 aliphatic rings. The van der Waals surface area contributed by atoms with Crippen molar-refractivity contribution < 1.29 is 19.2 Å². The molecule has 0 aliphatic carbocycles. The molecule has 1 aliphatic heterocycles. The van der Waals surface area contributed by atoms with Crippen molar-refractivity contribution in [1.29, 1.82) is 0 Å². The first kappa shape index (κ1) is 14.0. The van der Waals surface area contributed by atoms with Gasteiger partial charge < -0.3 is 14.4 Å². The van der Waals surface area contributed by atoms with Crippen LogP contribution in [0.15, 0.2) is 4.52 Å². The summed E-state index contributed by atoms with van der Waals surface area (Å²) in [5.74, 6) is 0.361. The van der Waals surface area contributed by atoms with E-state index < -0.39 is 12.1 Å². The lowest BCUT2D eigenvalue weighted by Crippen LogP contribution is -2.52. The Bertz CT molecular complexity index is 438. The van der Waals surface area contributed by atoms with Crippen LogP contribution in [-0.4, -0.2) is 46.9 Å². The number of aromatic nitrogens is 1. The normalized spacial score (nSPS) is 24.4. The van der Waals surface area contributed by atoms with Crippen LogP contribution in [0, 0.1) is 13.8 Å². The number of hydrogen-bond acceptors (Lipinski definition) is 6. The molecule has 0 amide bonds. The molecule has 6 nitrogen and oxygen atoms in total. The van der Waals surface area contributed by atoms with Crippen LogP contribution in [0.4, 0.5) is 0 Å². The maximum Gasteiger partial charge on any atom is 0.325 e.